The number of ether oxygens (including phenoxy) is 4. The highest BCUT2D eigenvalue weighted by atomic mass is 16.5. The number of nitrogens with zero attached hydrogens (tertiary/aromatic N) is 1. The number of carbonyl (C=O) groups excluding carboxylic acids is 7. The molecule has 3 aliphatic heterocycles. The topological polar surface area (TPSA) is 209 Å². The number of Topliss-reactive ketones (excluding diaryl/α,β-unsaturated/α-hetero) is 6. The third-order valence-corrected chi connectivity index (χ3v) is 12.6. The molecule has 2 N–H and O–H groups in total. The molecule has 0 radical (unpaired) electrons. The fraction of sp³-hybridized carbons (Fsp3) is 0.849. The Morgan fingerprint density at radius 2 is 0.985 bits per heavy atom. The van der Waals surface area contributed by atoms with Crippen molar-refractivity contribution in [1.82, 2.24) is 10.2 Å². The minimum Gasteiger partial charge on any atom is -0.481 e. The van der Waals surface area contributed by atoms with Crippen molar-refractivity contribution in [2.45, 2.75) is 189 Å². The van der Waals surface area contributed by atoms with E-state index in [4.69, 9.17) is 24.1 Å². The summed E-state index contributed by atoms with van der Waals surface area (Å²) in [5.41, 5.74) is 0. The van der Waals surface area contributed by atoms with Crippen LogP contribution < -0.4 is 5.32 Å². The first kappa shape index (κ1) is 64.8. The van der Waals surface area contributed by atoms with Gasteiger partial charge in [0.1, 0.15) is 34.7 Å². The second kappa shape index (κ2) is 43.8. The molecule has 0 saturated carbocycles. The van der Waals surface area contributed by atoms with Gasteiger partial charge in [-0.1, -0.05) is 46.5 Å². The number of carboxylic acids is 1. The number of rotatable bonds is 22. The van der Waals surface area contributed by atoms with Crippen molar-refractivity contribution in [2.75, 3.05) is 79.5 Å². The number of nitrogens with one attached hydrogen (secondary N) is 1. The predicted molar refractivity (Wildman–Crippen MR) is 265 cm³/mol. The van der Waals surface area contributed by atoms with Crippen LogP contribution in [0.15, 0.2) is 0 Å². The summed E-state index contributed by atoms with van der Waals surface area (Å²) in [6.07, 6.45) is 17.2. The number of carbonyl (C=O) groups is 8. The van der Waals surface area contributed by atoms with Crippen molar-refractivity contribution in [3.05, 3.63) is 0 Å². The molecule has 15 heteroatoms. The lowest BCUT2D eigenvalue weighted by molar-refractivity contribution is -0.136. The lowest BCUT2D eigenvalue weighted by Gasteiger charge is -2.26. The Bertz CT molecular complexity index is 1390. The molecule has 15 nitrogen and oxygen atoms in total. The lowest BCUT2D eigenvalue weighted by Crippen LogP contribution is -2.34. The first-order valence-electron chi connectivity index (χ1n) is 26.2. The van der Waals surface area contributed by atoms with Crippen LogP contribution in [0.3, 0.4) is 0 Å². The Morgan fingerprint density at radius 1 is 0.574 bits per heavy atom. The number of carboxylic acid groups (broad SMARTS) is 1. The molecule has 0 bridgehead atoms. The van der Waals surface area contributed by atoms with Gasteiger partial charge in [0.2, 0.25) is 5.91 Å². The van der Waals surface area contributed by atoms with E-state index in [0.29, 0.717) is 117 Å². The van der Waals surface area contributed by atoms with Crippen LogP contribution in [-0.4, -0.2) is 136 Å². The zero-order valence-corrected chi connectivity index (χ0v) is 43.4. The molecule has 3 fully saturated rings. The lowest BCUT2D eigenvalue weighted by atomic mass is 9.80. The van der Waals surface area contributed by atoms with Crippen LogP contribution in [0.5, 0.6) is 0 Å². The van der Waals surface area contributed by atoms with Gasteiger partial charge in [-0.05, 0) is 104 Å². The second-order valence-corrected chi connectivity index (χ2v) is 18.4. The molecule has 3 rings (SSSR count). The van der Waals surface area contributed by atoms with E-state index >= 15 is 0 Å². The monoisotopic (exact) mass is 967 g/mol. The maximum absolute atomic E-state index is 13.3. The molecule has 0 spiro atoms. The van der Waals surface area contributed by atoms with Gasteiger partial charge < -0.3 is 43.9 Å². The summed E-state index contributed by atoms with van der Waals surface area (Å²) < 4.78 is 20.8. The van der Waals surface area contributed by atoms with Crippen molar-refractivity contribution in [1.29, 1.82) is 0 Å². The fourth-order valence-corrected chi connectivity index (χ4v) is 8.25. The molecule has 0 aromatic rings. The smallest absolute Gasteiger partial charge is 0.303 e. The van der Waals surface area contributed by atoms with E-state index in [1.54, 1.807) is 27.9 Å². The van der Waals surface area contributed by atoms with Gasteiger partial charge in [0.15, 0.2) is 0 Å². The number of hydrogen-bond donors (Lipinski definition) is 2. The van der Waals surface area contributed by atoms with Gasteiger partial charge in [0.25, 0.3) is 0 Å². The number of aliphatic carboxylic acids is 1. The summed E-state index contributed by atoms with van der Waals surface area (Å²) >= 11 is 0. The number of ketones is 6. The third kappa shape index (κ3) is 35.8. The molecule has 3 aliphatic rings. The minimum absolute atomic E-state index is 0.0482. The zero-order valence-electron chi connectivity index (χ0n) is 43.4. The first-order chi connectivity index (χ1) is 32.7. The number of hydrogen-bond acceptors (Lipinski definition) is 13. The van der Waals surface area contributed by atoms with Crippen LogP contribution in [-0.2, 0) is 57.3 Å². The van der Waals surface area contributed by atoms with Crippen LogP contribution in [0.4, 0.5) is 0 Å². The van der Waals surface area contributed by atoms with Gasteiger partial charge in [-0.15, -0.1) is 0 Å². The summed E-state index contributed by atoms with van der Waals surface area (Å²) in [4.78, 5) is 97.2. The molecule has 68 heavy (non-hydrogen) atoms. The molecular weight excluding hydrogens is 873 g/mol. The highest BCUT2D eigenvalue weighted by Gasteiger charge is 2.30. The van der Waals surface area contributed by atoms with Crippen molar-refractivity contribution in [3.8, 4) is 0 Å². The molecule has 3 heterocycles. The summed E-state index contributed by atoms with van der Waals surface area (Å²) in [6.45, 7) is 16.1. The highest BCUT2D eigenvalue weighted by Crippen LogP contribution is 2.28. The quantitative estimate of drug-likeness (QED) is 0.0975. The van der Waals surface area contributed by atoms with Gasteiger partial charge in [-0.2, -0.15) is 0 Å². The fourth-order valence-electron chi connectivity index (χ4n) is 8.25. The first-order valence-corrected chi connectivity index (χ1v) is 26.2. The van der Waals surface area contributed by atoms with Crippen molar-refractivity contribution in [3.63, 3.8) is 0 Å². The Labute approximate surface area is 410 Å². The molecule has 1 amide bonds. The van der Waals surface area contributed by atoms with Crippen LogP contribution in [0.25, 0.3) is 0 Å². The van der Waals surface area contributed by atoms with E-state index in [2.05, 4.69) is 5.32 Å². The van der Waals surface area contributed by atoms with Crippen molar-refractivity contribution >= 4 is 46.6 Å². The molecular formula is C53H94N2O13. The summed E-state index contributed by atoms with van der Waals surface area (Å²) in [5.74, 6) is -0.385. The summed E-state index contributed by atoms with van der Waals surface area (Å²) in [6, 6.07) is 0. The van der Waals surface area contributed by atoms with Gasteiger partial charge in [0, 0.05) is 102 Å². The molecule has 394 valence electrons. The van der Waals surface area contributed by atoms with E-state index in [1.807, 2.05) is 18.7 Å². The Kier molecular flexibility index (Phi) is 41.7. The minimum atomic E-state index is -0.745. The molecule has 0 aromatic carbocycles. The van der Waals surface area contributed by atoms with Gasteiger partial charge in [-0.3, -0.25) is 28.8 Å². The van der Waals surface area contributed by atoms with Crippen molar-refractivity contribution < 1.29 is 62.4 Å². The van der Waals surface area contributed by atoms with Gasteiger partial charge in [0.05, 0.1) is 39.5 Å². The Hall–Kier alpha value is -3.24. The molecule has 3 saturated heterocycles. The Balaban J connectivity index is 0.00000115. The van der Waals surface area contributed by atoms with Gasteiger partial charge >= 0.3 is 5.97 Å². The standard InChI is InChI=1S/C27H47NO7.C19H33NO3.C4H8O.C3H6O2/c1-4-25(30)21-24-10-6-8-15-28(26(31)13-16-34-19-20-35-18-17-33-3)14-7-5-9-23(27(24)32)12-11-22(2)29;1-3-18(22)14-17-9-5-7-13-20-12-6-4-8-16(19(17)23)11-10-15(2)21;1-2-4-5-3-1;1-2-3(4)5/h23-24H,4-21H2,1-3H3;16-17,20H,3-14H2,1-2H3;1-4H2;2H2,1H3,(H,4,5). The zero-order chi connectivity index (χ0) is 50.8. The summed E-state index contributed by atoms with van der Waals surface area (Å²) in [7, 11) is 1.63. The van der Waals surface area contributed by atoms with Crippen LogP contribution in [0.2, 0.25) is 0 Å². The predicted octanol–water partition coefficient (Wildman–Crippen LogP) is 8.53. The SMILES string of the molecule is C1CCOC1.CCC(=O)CC1CCCCN(C(=O)CCOCCOCCOC)CCCCC(CCC(C)=O)C1=O.CCC(=O)CC1CCCCNCCCCC(CCC(C)=O)C1=O.CCC(=O)O. The maximum atomic E-state index is 13.3. The van der Waals surface area contributed by atoms with E-state index in [0.717, 1.165) is 90.5 Å². The van der Waals surface area contributed by atoms with Gasteiger partial charge in [-0.25, -0.2) is 0 Å². The van der Waals surface area contributed by atoms with E-state index < -0.39 is 5.97 Å². The second-order valence-electron chi connectivity index (χ2n) is 18.4. The van der Waals surface area contributed by atoms with E-state index in [1.165, 1.54) is 12.8 Å². The number of methoxy groups -OCH3 is 1. The average molecular weight is 967 g/mol. The molecule has 0 aromatic heterocycles. The highest BCUT2D eigenvalue weighted by molar-refractivity contribution is 5.90. The van der Waals surface area contributed by atoms with Crippen LogP contribution in [0, 0.1) is 23.7 Å². The molecule has 4 atom stereocenters. The average Bonchev–Trinajstić information content (AvgIpc) is 3.92. The normalized spacial score (nSPS) is 21.0. The Morgan fingerprint density at radius 3 is 1.37 bits per heavy atom. The largest absolute Gasteiger partial charge is 0.481 e. The van der Waals surface area contributed by atoms with Crippen LogP contribution >= 0.6 is 0 Å². The molecule has 4 unspecified atom stereocenters. The van der Waals surface area contributed by atoms with E-state index in [-0.39, 0.29) is 70.7 Å². The summed E-state index contributed by atoms with van der Waals surface area (Å²) in [5, 5.41) is 11.2. The van der Waals surface area contributed by atoms with E-state index in [9.17, 15) is 38.4 Å². The molecule has 0 aliphatic carbocycles. The van der Waals surface area contributed by atoms with Crippen LogP contribution in [0.1, 0.15) is 189 Å². The van der Waals surface area contributed by atoms with Crippen molar-refractivity contribution in [2.24, 2.45) is 23.7 Å². The number of amides is 1. The third-order valence-electron chi connectivity index (χ3n) is 12.6. The maximum Gasteiger partial charge on any atom is 0.303 e.